The van der Waals surface area contributed by atoms with Crippen LogP contribution < -0.4 is 0 Å². The predicted molar refractivity (Wildman–Crippen MR) is 85.5 cm³/mol. The maximum absolute atomic E-state index is 4.24. The van der Waals surface area contributed by atoms with Gasteiger partial charge in [0.05, 0.1) is 0 Å². The molecule has 1 fully saturated rings. The molecule has 2 aliphatic carbocycles. The molecule has 104 valence electrons. The average molecular weight is 256 g/mol. The summed E-state index contributed by atoms with van der Waals surface area (Å²) in [6.45, 7) is 10.5. The number of fused-ring (bicyclic) bond motifs is 3. The molecule has 2 unspecified atom stereocenters. The topological polar surface area (TPSA) is 0 Å². The fourth-order valence-electron chi connectivity index (χ4n) is 3.83. The molecule has 0 heteroatoms. The Hall–Kier alpha value is -1.04. The van der Waals surface area contributed by atoms with Crippen molar-refractivity contribution < 1.29 is 0 Å². The monoisotopic (exact) mass is 256 g/mol. The minimum absolute atomic E-state index is 0.864. The van der Waals surface area contributed by atoms with Crippen molar-refractivity contribution in [3.8, 4) is 0 Å². The molecule has 0 saturated heterocycles. The summed E-state index contributed by atoms with van der Waals surface area (Å²) < 4.78 is 0. The van der Waals surface area contributed by atoms with Gasteiger partial charge in [-0.25, -0.2) is 0 Å². The maximum atomic E-state index is 4.24. The van der Waals surface area contributed by atoms with Crippen LogP contribution in [0.25, 0.3) is 5.57 Å². The van der Waals surface area contributed by atoms with Crippen molar-refractivity contribution in [3.05, 3.63) is 41.5 Å². The first-order valence-corrected chi connectivity index (χ1v) is 8.11. The van der Waals surface area contributed by atoms with Crippen LogP contribution in [0.15, 0.2) is 24.8 Å². The second-order valence-corrected chi connectivity index (χ2v) is 5.69. The summed E-state index contributed by atoms with van der Waals surface area (Å²) in [6, 6.07) is 6.89. The van der Waals surface area contributed by atoms with Crippen molar-refractivity contribution in [2.45, 2.75) is 65.2 Å². The number of hydrogen-bond acceptors (Lipinski definition) is 0. The van der Waals surface area contributed by atoms with E-state index in [1.165, 1.54) is 43.2 Å². The highest BCUT2D eigenvalue weighted by Crippen LogP contribution is 2.48. The molecule has 19 heavy (non-hydrogen) atoms. The van der Waals surface area contributed by atoms with Crippen molar-refractivity contribution in [2.75, 3.05) is 0 Å². The molecular formula is C19H28. The summed E-state index contributed by atoms with van der Waals surface area (Å²) in [5, 5.41) is 0. The molecule has 0 heterocycles. The van der Waals surface area contributed by atoms with Crippen LogP contribution in [-0.2, 0) is 6.42 Å². The number of hydrogen-bond donors (Lipinski definition) is 0. The summed E-state index contributed by atoms with van der Waals surface area (Å²) >= 11 is 0. The fourth-order valence-corrected chi connectivity index (χ4v) is 3.83. The Balaban J connectivity index is 0.000000637. The quantitative estimate of drug-likeness (QED) is 0.612. The molecule has 1 aromatic carbocycles. The third kappa shape index (κ3) is 2.63. The third-order valence-corrected chi connectivity index (χ3v) is 4.79. The van der Waals surface area contributed by atoms with Gasteiger partial charge >= 0.3 is 0 Å². The highest BCUT2D eigenvalue weighted by molar-refractivity contribution is 5.68. The fraction of sp³-hybridized carbons (Fsp3) is 0.579. The second kappa shape index (κ2) is 6.41. The molecule has 0 nitrogen and oxygen atoms in total. The molecule has 0 aromatic heterocycles. The summed E-state index contributed by atoms with van der Waals surface area (Å²) in [6.07, 6.45) is 8.12. The Kier molecular flexibility index (Phi) is 4.85. The third-order valence-electron chi connectivity index (χ3n) is 4.79. The van der Waals surface area contributed by atoms with Gasteiger partial charge in [-0.1, -0.05) is 58.4 Å². The van der Waals surface area contributed by atoms with E-state index in [1.807, 2.05) is 13.8 Å². The minimum atomic E-state index is 0.864. The molecule has 1 saturated carbocycles. The summed E-state index contributed by atoms with van der Waals surface area (Å²) in [5.41, 5.74) is 6.07. The van der Waals surface area contributed by atoms with Gasteiger partial charge in [-0.3, -0.25) is 0 Å². The standard InChI is InChI=1S/C17H22.C2H6/c1-3-12(2)14-9-6-10-16-15-8-5-4-7-13(15)11-17(14)16;1-2/h6,9-10,13,15H,2-5,7-8,11H2,1H3;1-2H3. The summed E-state index contributed by atoms with van der Waals surface area (Å²) in [5.74, 6) is 1.80. The SMILES string of the molecule is C=C(CC)c1cccc2c1CC1CCCCC21.CC. The lowest BCUT2D eigenvalue weighted by molar-refractivity contribution is 0.330. The van der Waals surface area contributed by atoms with E-state index in [-0.39, 0.29) is 0 Å². The lowest BCUT2D eigenvalue weighted by atomic mass is 9.80. The van der Waals surface area contributed by atoms with Gasteiger partial charge in [0.15, 0.2) is 0 Å². The second-order valence-electron chi connectivity index (χ2n) is 5.69. The van der Waals surface area contributed by atoms with Gasteiger partial charge in [0.2, 0.25) is 0 Å². The van der Waals surface area contributed by atoms with Crippen LogP contribution >= 0.6 is 0 Å². The molecular weight excluding hydrogens is 228 g/mol. The van der Waals surface area contributed by atoms with Crippen LogP contribution in [0.2, 0.25) is 0 Å². The first kappa shape index (κ1) is 14.4. The predicted octanol–water partition coefficient (Wildman–Crippen LogP) is 5.97. The van der Waals surface area contributed by atoms with Gasteiger partial charge < -0.3 is 0 Å². The van der Waals surface area contributed by atoms with Crippen LogP contribution in [0.3, 0.4) is 0 Å². The molecule has 3 rings (SSSR count). The maximum Gasteiger partial charge on any atom is -0.0127 e. The molecule has 2 atom stereocenters. The zero-order chi connectivity index (χ0) is 13.8. The zero-order valence-corrected chi connectivity index (χ0v) is 12.8. The Morgan fingerprint density at radius 2 is 1.95 bits per heavy atom. The molecule has 1 aromatic rings. The Bertz CT molecular complexity index is 441. The van der Waals surface area contributed by atoms with E-state index in [0.717, 1.165) is 18.3 Å². The van der Waals surface area contributed by atoms with Gasteiger partial charge in [0.25, 0.3) is 0 Å². The van der Waals surface area contributed by atoms with E-state index >= 15 is 0 Å². The molecule has 0 radical (unpaired) electrons. The molecule has 0 aliphatic heterocycles. The number of allylic oxidation sites excluding steroid dienone is 1. The van der Waals surface area contributed by atoms with E-state index in [1.54, 1.807) is 11.1 Å². The molecule has 0 N–H and O–H groups in total. The van der Waals surface area contributed by atoms with Crippen molar-refractivity contribution in [2.24, 2.45) is 5.92 Å². The van der Waals surface area contributed by atoms with E-state index in [4.69, 9.17) is 0 Å². The molecule has 0 spiro atoms. The summed E-state index contributed by atoms with van der Waals surface area (Å²) in [7, 11) is 0. The van der Waals surface area contributed by atoms with Gasteiger partial charge in [-0.15, -0.1) is 0 Å². The van der Waals surface area contributed by atoms with Gasteiger partial charge in [0.1, 0.15) is 0 Å². The number of rotatable bonds is 2. The van der Waals surface area contributed by atoms with E-state index in [0.29, 0.717) is 0 Å². The minimum Gasteiger partial charge on any atom is -0.0952 e. The van der Waals surface area contributed by atoms with E-state index < -0.39 is 0 Å². The zero-order valence-electron chi connectivity index (χ0n) is 12.8. The Morgan fingerprint density at radius 3 is 2.68 bits per heavy atom. The molecule has 2 aliphatic rings. The lowest BCUT2D eigenvalue weighted by Gasteiger charge is -2.25. The Labute approximate surface area is 118 Å². The van der Waals surface area contributed by atoms with Crippen molar-refractivity contribution in [1.82, 2.24) is 0 Å². The van der Waals surface area contributed by atoms with Crippen molar-refractivity contribution in [3.63, 3.8) is 0 Å². The van der Waals surface area contributed by atoms with Crippen molar-refractivity contribution in [1.29, 1.82) is 0 Å². The van der Waals surface area contributed by atoms with Gasteiger partial charge in [-0.2, -0.15) is 0 Å². The normalized spacial score (nSPS) is 23.9. The average Bonchev–Trinajstić information content (AvgIpc) is 2.87. The first-order chi connectivity index (χ1) is 9.31. The Morgan fingerprint density at radius 1 is 1.21 bits per heavy atom. The van der Waals surface area contributed by atoms with Crippen LogP contribution in [0, 0.1) is 5.92 Å². The van der Waals surface area contributed by atoms with Crippen LogP contribution in [0.4, 0.5) is 0 Å². The highest BCUT2D eigenvalue weighted by atomic mass is 14.4. The largest absolute Gasteiger partial charge is 0.0952 e. The smallest absolute Gasteiger partial charge is 0.0127 e. The molecule has 0 amide bonds. The lowest BCUT2D eigenvalue weighted by Crippen LogP contribution is -2.12. The van der Waals surface area contributed by atoms with Crippen LogP contribution in [0.5, 0.6) is 0 Å². The number of benzene rings is 1. The first-order valence-electron chi connectivity index (χ1n) is 8.11. The van der Waals surface area contributed by atoms with Crippen molar-refractivity contribution >= 4 is 5.57 Å². The van der Waals surface area contributed by atoms with E-state index in [2.05, 4.69) is 31.7 Å². The van der Waals surface area contributed by atoms with Gasteiger partial charge in [0, 0.05) is 0 Å². The molecule has 0 bridgehead atoms. The van der Waals surface area contributed by atoms with Crippen LogP contribution in [-0.4, -0.2) is 0 Å². The van der Waals surface area contributed by atoms with Crippen LogP contribution in [0.1, 0.15) is 75.5 Å². The highest BCUT2D eigenvalue weighted by Gasteiger charge is 2.35. The summed E-state index contributed by atoms with van der Waals surface area (Å²) in [4.78, 5) is 0. The van der Waals surface area contributed by atoms with E-state index in [9.17, 15) is 0 Å². The van der Waals surface area contributed by atoms with Gasteiger partial charge in [-0.05, 0) is 59.8 Å².